The highest BCUT2D eigenvalue weighted by molar-refractivity contribution is 7.22. The smallest absolute Gasteiger partial charge is 0.301 e. The molecule has 1 saturated heterocycles. The topological polar surface area (TPSA) is 89.0 Å². The molecule has 1 aromatic heterocycles. The number of aliphatic hydroxyl groups is 1. The van der Waals surface area contributed by atoms with E-state index >= 15 is 0 Å². The summed E-state index contributed by atoms with van der Waals surface area (Å²) in [5.74, 6) is -1.17. The zero-order chi connectivity index (χ0) is 25.6. The molecule has 2 heterocycles. The Kier molecular flexibility index (Phi) is 6.15. The van der Waals surface area contributed by atoms with Gasteiger partial charge in [-0.05, 0) is 55.0 Å². The van der Waals surface area contributed by atoms with Crippen LogP contribution in [-0.4, -0.2) is 36.0 Å². The summed E-state index contributed by atoms with van der Waals surface area (Å²) in [6.45, 7) is 1.97. The molecule has 1 aliphatic heterocycles. The molecule has 1 N–H and O–H groups in total. The number of fused-ring (bicyclic) bond motifs is 1. The number of methoxy groups -OCH3 is 2. The number of benzene rings is 3. The Morgan fingerprint density at radius 3 is 2.50 bits per heavy atom. The molecular formula is C27H21ClN2O5S. The highest BCUT2D eigenvalue weighted by atomic mass is 35.5. The van der Waals surface area contributed by atoms with Crippen molar-refractivity contribution in [2.45, 2.75) is 13.0 Å². The van der Waals surface area contributed by atoms with Crippen molar-refractivity contribution >= 4 is 55.7 Å². The first-order chi connectivity index (χ1) is 17.3. The molecule has 3 aromatic carbocycles. The predicted octanol–water partition coefficient (Wildman–Crippen LogP) is 5.90. The van der Waals surface area contributed by atoms with E-state index in [0.717, 1.165) is 10.3 Å². The number of carbonyl (C=O) groups is 2. The van der Waals surface area contributed by atoms with Crippen LogP contribution in [0.1, 0.15) is 22.7 Å². The van der Waals surface area contributed by atoms with Crippen LogP contribution in [0.3, 0.4) is 0 Å². The van der Waals surface area contributed by atoms with Gasteiger partial charge in [0.25, 0.3) is 5.78 Å². The van der Waals surface area contributed by atoms with E-state index in [1.165, 1.54) is 30.5 Å². The minimum Gasteiger partial charge on any atom is -0.507 e. The van der Waals surface area contributed by atoms with Gasteiger partial charge in [0, 0.05) is 16.1 Å². The van der Waals surface area contributed by atoms with E-state index in [1.54, 1.807) is 42.5 Å². The highest BCUT2D eigenvalue weighted by Crippen LogP contribution is 2.48. The lowest BCUT2D eigenvalue weighted by Gasteiger charge is -2.25. The van der Waals surface area contributed by atoms with Crippen molar-refractivity contribution in [3.8, 4) is 11.5 Å². The van der Waals surface area contributed by atoms with E-state index in [1.807, 2.05) is 25.1 Å². The lowest BCUT2D eigenvalue weighted by molar-refractivity contribution is -0.132. The van der Waals surface area contributed by atoms with E-state index in [4.69, 9.17) is 21.1 Å². The van der Waals surface area contributed by atoms with E-state index in [-0.39, 0.29) is 11.3 Å². The maximum atomic E-state index is 13.5. The zero-order valence-electron chi connectivity index (χ0n) is 19.6. The number of aliphatic hydroxyl groups excluding tert-OH is 1. The third-order valence-corrected chi connectivity index (χ3v) is 7.30. The lowest BCUT2D eigenvalue weighted by Crippen LogP contribution is -2.29. The Morgan fingerprint density at radius 1 is 1.06 bits per heavy atom. The maximum Gasteiger partial charge on any atom is 0.301 e. The van der Waals surface area contributed by atoms with Gasteiger partial charge in [-0.1, -0.05) is 41.1 Å². The number of hydrogen-bond donors (Lipinski definition) is 1. The van der Waals surface area contributed by atoms with Crippen molar-refractivity contribution in [3.05, 3.63) is 87.9 Å². The van der Waals surface area contributed by atoms with Gasteiger partial charge in [-0.15, -0.1) is 0 Å². The molecule has 4 aromatic rings. The second-order valence-electron chi connectivity index (χ2n) is 8.23. The fourth-order valence-corrected chi connectivity index (χ4v) is 5.55. The average molecular weight is 521 g/mol. The number of nitrogens with zero attached hydrogens (tertiary/aromatic N) is 2. The van der Waals surface area contributed by atoms with Crippen LogP contribution in [-0.2, 0) is 9.59 Å². The summed E-state index contributed by atoms with van der Waals surface area (Å²) in [5, 5.41) is 12.1. The number of ether oxygens (including phenoxy) is 2. The van der Waals surface area contributed by atoms with Gasteiger partial charge in [0.1, 0.15) is 11.8 Å². The van der Waals surface area contributed by atoms with Crippen LogP contribution < -0.4 is 14.4 Å². The Morgan fingerprint density at radius 2 is 1.81 bits per heavy atom. The second-order valence-corrected chi connectivity index (χ2v) is 9.67. The Labute approximate surface area is 216 Å². The molecule has 0 saturated carbocycles. The molecule has 7 nitrogen and oxygen atoms in total. The van der Waals surface area contributed by atoms with Crippen LogP contribution in [0.15, 0.2) is 66.2 Å². The normalized spacial score (nSPS) is 17.1. The number of para-hydroxylation sites is 1. The summed E-state index contributed by atoms with van der Waals surface area (Å²) in [6.07, 6.45) is 0. The van der Waals surface area contributed by atoms with Crippen LogP contribution in [0, 0.1) is 6.92 Å². The first kappa shape index (κ1) is 23.8. The number of thiazole rings is 1. The Bertz CT molecular complexity index is 1540. The van der Waals surface area contributed by atoms with Crippen molar-refractivity contribution in [1.82, 2.24) is 4.98 Å². The predicted molar refractivity (Wildman–Crippen MR) is 140 cm³/mol. The van der Waals surface area contributed by atoms with Gasteiger partial charge in [-0.2, -0.15) is 0 Å². The number of halogens is 1. The number of rotatable bonds is 5. The number of anilines is 1. The molecule has 5 rings (SSSR count). The number of hydrogen-bond acceptors (Lipinski definition) is 7. The molecule has 0 spiro atoms. The van der Waals surface area contributed by atoms with E-state index < -0.39 is 17.7 Å². The fraction of sp³-hybridized carbons (Fsp3) is 0.148. The summed E-state index contributed by atoms with van der Waals surface area (Å²) < 4.78 is 12.0. The third-order valence-electron chi connectivity index (χ3n) is 6.03. The second kappa shape index (κ2) is 9.29. The number of aromatic nitrogens is 1. The first-order valence-corrected chi connectivity index (χ1v) is 12.2. The third kappa shape index (κ3) is 3.88. The molecule has 0 radical (unpaired) electrons. The molecule has 0 bridgehead atoms. The Balaban J connectivity index is 1.79. The maximum absolute atomic E-state index is 13.5. The summed E-state index contributed by atoms with van der Waals surface area (Å²) in [7, 11) is 2.98. The van der Waals surface area contributed by atoms with E-state index in [2.05, 4.69) is 4.98 Å². The van der Waals surface area contributed by atoms with Gasteiger partial charge >= 0.3 is 5.91 Å². The van der Waals surface area contributed by atoms with Crippen molar-refractivity contribution in [3.63, 3.8) is 0 Å². The minimum absolute atomic E-state index is 0.0793. The largest absolute Gasteiger partial charge is 0.507 e. The average Bonchev–Trinajstić information content (AvgIpc) is 3.40. The van der Waals surface area contributed by atoms with Crippen LogP contribution in [0.4, 0.5) is 5.13 Å². The summed E-state index contributed by atoms with van der Waals surface area (Å²) >= 11 is 7.31. The van der Waals surface area contributed by atoms with Crippen LogP contribution in [0.5, 0.6) is 11.5 Å². The molecule has 1 amide bonds. The highest BCUT2D eigenvalue weighted by Gasteiger charge is 2.49. The molecule has 0 aliphatic carbocycles. The number of Topliss-reactive ketones (excluding diaryl/α,β-unsaturated/α-hetero) is 1. The summed E-state index contributed by atoms with van der Waals surface area (Å²) in [4.78, 5) is 32.9. The molecular weight excluding hydrogens is 500 g/mol. The van der Waals surface area contributed by atoms with E-state index in [9.17, 15) is 14.7 Å². The molecule has 1 fully saturated rings. The summed E-state index contributed by atoms with van der Waals surface area (Å²) in [5.41, 5.74) is 2.50. The van der Waals surface area contributed by atoms with Gasteiger partial charge in [0.05, 0.1) is 30.0 Å². The first-order valence-electron chi connectivity index (χ1n) is 11.0. The van der Waals surface area contributed by atoms with Crippen molar-refractivity contribution in [2.24, 2.45) is 0 Å². The van der Waals surface area contributed by atoms with Crippen molar-refractivity contribution in [1.29, 1.82) is 0 Å². The van der Waals surface area contributed by atoms with Crippen molar-refractivity contribution < 1.29 is 24.2 Å². The molecule has 0 unspecified atom stereocenters. The number of aryl methyl sites for hydroxylation is 1. The quantitative estimate of drug-likeness (QED) is 0.200. The van der Waals surface area contributed by atoms with Gasteiger partial charge in [0.2, 0.25) is 0 Å². The van der Waals surface area contributed by atoms with Gasteiger partial charge < -0.3 is 14.6 Å². The summed E-state index contributed by atoms with van der Waals surface area (Å²) in [6, 6.07) is 16.3. The monoisotopic (exact) mass is 520 g/mol. The fourth-order valence-electron chi connectivity index (χ4n) is 4.34. The molecule has 1 atom stereocenters. The standard InChI is InChI=1S/C27H21ClN2O5S/c1-14-7-12-18-20(13-14)36-27(29-18)30-22(17-5-4-6-19(34-2)25(17)35-3)21(24(32)26(30)33)23(31)15-8-10-16(28)11-9-15/h4-13,22,31H,1-3H3/b23-21+/t22-/m1/s1. The van der Waals surface area contributed by atoms with Gasteiger partial charge in [-0.25, -0.2) is 4.98 Å². The van der Waals surface area contributed by atoms with Crippen molar-refractivity contribution in [2.75, 3.05) is 19.1 Å². The zero-order valence-corrected chi connectivity index (χ0v) is 21.2. The van der Waals surface area contributed by atoms with Crippen LogP contribution >= 0.6 is 22.9 Å². The minimum atomic E-state index is -1.01. The lowest BCUT2D eigenvalue weighted by atomic mass is 9.94. The molecule has 36 heavy (non-hydrogen) atoms. The molecule has 182 valence electrons. The molecule has 1 aliphatic rings. The van der Waals surface area contributed by atoms with Gasteiger partial charge in [-0.3, -0.25) is 14.5 Å². The van der Waals surface area contributed by atoms with Gasteiger partial charge in [0.15, 0.2) is 16.6 Å². The number of amides is 1. The number of carbonyl (C=O) groups excluding carboxylic acids is 2. The molecule has 9 heteroatoms. The van der Waals surface area contributed by atoms with Crippen LogP contribution in [0.25, 0.3) is 16.0 Å². The van der Waals surface area contributed by atoms with Crippen LogP contribution in [0.2, 0.25) is 5.02 Å². The van der Waals surface area contributed by atoms with E-state index in [0.29, 0.717) is 38.3 Å². The number of ketones is 1. The Hall–Kier alpha value is -3.88. The SMILES string of the molecule is COc1cccc([C@@H]2/C(=C(\O)c3ccc(Cl)cc3)C(=O)C(=O)N2c2nc3ccc(C)cc3s2)c1OC.